The Morgan fingerprint density at radius 1 is 1.25 bits per heavy atom. The number of aliphatic hydroxyl groups is 1. The van der Waals surface area contributed by atoms with Gasteiger partial charge in [0.2, 0.25) is 0 Å². The third kappa shape index (κ3) is 2.26. The van der Waals surface area contributed by atoms with Crippen LogP contribution in [0.15, 0.2) is 21.7 Å². The zero-order valence-electron chi connectivity index (χ0n) is 10.7. The molecule has 3 N–H and O–H groups in total. The van der Waals surface area contributed by atoms with Gasteiger partial charge < -0.3 is 14.5 Å². The second-order valence-electron chi connectivity index (χ2n) is 4.24. The van der Waals surface area contributed by atoms with Gasteiger partial charge in [0.05, 0.1) is 6.21 Å². The number of urea groups is 1. The first-order chi connectivity index (χ1) is 9.34. The van der Waals surface area contributed by atoms with Crippen molar-refractivity contribution in [2.45, 2.75) is 5.60 Å². The lowest BCUT2D eigenvalue weighted by molar-refractivity contribution is -0.157. The zero-order valence-corrected chi connectivity index (χ0v) is 10.7. The summed E-state index contributed by atoms with van der Waals surface area (Å²) in [6.07, 6.45) is 1.34. The van der Waals surface area contributed by atoms with Crippen LogP contribution in [0, 0.1) is 0 Å². The Morgan fingerprint density at radius 2 is 1.85 bits per heavy atom. The molecule has 1 aliphatic rings. The predicted octanol–water partition coefficient (Wildman–Crippen LogP) is -1.27. The van der Waals surface area contributed by atoms with Crippen molar-refractivity contribution < 1.29 is 23.9 Å². The summed E-state index contributed by atoms with van der Waals surface area (Å²) in [5, 5.41) is 19.2. The Balaban J connectivity index is 2.32. The van der Waals surface area contributed by atoms with E-state index in [1.54, 1.807) is 24.7 Å². The lowest BCUT2D eigenvalue weighted by atomic mass is 9.97. The first kappa shape index (κ1) is 13.7. The van der Waals surface area contributed by atoms with E-state index in [4.69, 9.17) is 4.42 Å². The van der Waals surface area contributed by atoms with Crippen molar-refractivity contribution in [3.05, 3.63) is 23.7 Å². The molecule has 1 saturated heterocycles. The monoisotopic (exact) mass is 280 g/mol. The van der Waals surface area contributed by atoms with E-state index in [1.165, 1.54) is 23.4 Å². The quantitative estimate of drug-likeness (QED) is 0.360. The average molecular weight is 280 g/mol. The molecule has 9 nitrogen and oxygen atoms in total. The molecule has 0 radical (unpaired) electrons. The number of carbonyl (C=O) groups excluding carboxylic acids is 3. The Labute approximate surface area is 113 Å². The van der Waals surface area contributed by atoms with Gasteiger partial charge in [0.15, 0.2) is 5.76 Å². The lowest BCUT2D eigenvalue weighted by Crippen LogP contribution is -2.64. The van der Waals surface area contributed by atoms with Crippen molar-refractivity contribution >= 4 is 24.1 Å². The molecule has 2 heterocycles. The molecule has 2 rings (SSSR count). The van der Waals surface area contributed by atoms with E-state index in [9.17, 15) is 19.5 Å². The van der Waals surface area contributed by atoms with E-state index >= 15 is 0 Å². The predicted molar refractivity (Wildman–Crippen MR) is 65.6 cm³/mol. The third-order valence-corrected chi connectivity index (χ3v) is 2.51. The number of nitrogens with one attached hydrogen (secondary N) is 2. The summed E-state index contributed by atoms with van der Waals surface area (Å²) in [4.78, 5) is 34.3. The van der Waals surface area contributed by atoms with Crippen LogP contribution in [0.1, 0.15) is 11.5 Å². The van der Waals surface area contributed by atoms with Crippen LogP contribution in [-0.4, -0.2) is 48.3 Å². The highest BCUT2D eigenvalue weighted by molar-refractivity contribution is 6.21. The van der Waals surface area contributed by atoms with Crippen LogP contribution in [0.4, 0.5) is 4.79 Å². The maximum absolute atomic E-state index is 11.7. The van der Waals surface area contributed by atoms with Crippen molar-refractivity contribution in [1.82, 2.24) is 15.6 Å². The van der Waals surface area contributed by atoms with Gasteiger partial charge in [0.1, 0.15) is 5.76 Å². The van der Waals surface area contributed by atoms with Crippen LogP contribution < -0.4 is 10.6 Å². The molecule has 9 heteroatoms. The number of carbonyl (C=O) groups is 3. The summed E-state index contributed by atoms with van der Waals surface area (Å²) in [5.41, 5.74) is -2.59. The van der Waals surface area contributed by atoms with Crippen LogP contribution in [-0.2, 0) is 15.2 Å². The molecular formula is C11H12N4O5. The van der Waals surface area contributed by atoms with E-state index in [-0.39, 0.29) is 11.5 Å². The van der Waals surface area contributed by atoms with E-state index in [0.717, 1.165) is 0 Å². The molecule has 0 bridgehead atoms. The Morgan fingerprint density at radius 3 is 2.40 bits per heavy atom. The summed E-state index contributed by atoms with van der Waals surface area (Å²) < 4.78 is 5.19. The van der Waals surface area contributed by atoms with Crippen LogP contribution in [0.25, 0.3) is 0 Å². The molecule has 1 fully saturated rings. The Kier molecular flexibility index (Phi) is 3.28. The van der Waals surface area contributed by atoms with Crippen molar-refractivity contribution in [2.75, 3.05) is 14.1 Å². The van der Waals surface area contributed by atoms with Crippen LogP contribution in [0.3, 0.4) is 0 Å². The first-order valence-electron chi connectivity index (χ1n) is 5.55. The largest absolute Gasteiger partial charge is 0.456 e. The number of imide groups is 2. The number of hydrogen-bond donors (Lipinski definition) is 3. The van der Waals surface area contributed by atoms with Gasteiger partial charge in [0, 0.05) is 14.1 Å². The topological polar surface area (TPSA) is 124 Å². The van der Waals surface area contributed by atoms with Crippen molar-refractivity contribution in [2.24, 2.45) is 5.10 Å². The van der Waals surface area contributed by atoms with Crippen molar-refractivity contribution in [1.29, 1.82) is 0 Å². The Bertz CT molecular complexity index is 584. The molecule has 0 atom stereocenters. The molecule has 1 aromatic heterocycles. The molecule has 0 aromatic carbocycles. The second kappa shape index (κ2) is 4.78. The van der Waals surface area contributed by atoms with Crippen LogP contribution >= 0.6 is 0 Å². The van der Waals surface area contributed by atoms with Gasteiger partial charge in [-0.2, -0.15) is 5.10 Å². The van der Waals surface area contributed by atoms with E-state index in [2.05, 4.69) is 5.10 Å². The molecule has 1 aliphatic heterocycles. The van der Waals surface area contributed by atoms with Crippen LogP contribution in [0.5, 0.6) is 0 Å². The molecule has 0 spiro atoms. The summed E-state index contributed by atoms with van der Waals surface area (Å²) in [5.74, 6) is -2.41. The van der Waals surface area contributed by atoms with Gasteiger partial charge in [-0.1, -0.05) is 0 Å². The number of hydrazone groups is 1. The molecule has 4 amide bonds. The number of hydrogen-bond acceptors (Lipinski definition) is 7. The number of rotatable bonds is 3. The average Bonchev–Trinajstić information content (AvgIpc) is 2.82. The highest BCUT2D eigenvalue weighted by Gasteiger charge is 2.53. The summed E-state index contributed by atoms with van der Waals surface area (Å²) in [6, 6.07) is 1.69. The Hall–Kier alpha value is -2.68. The minimum absolute atomic E-state index is 0.236. The zero-order chi connectivity index (χ0) is 14.9. The standard InChI is InChI=1S/C11H12N4O5/c1-15(2)12-5-6-3-4-7(20-6)11(19)8(16)13-10(18)14-9(11)17/h3-5,19H,1-2H3,(H2,13,14,16,17,18). The maximum Gasteiger partial charge on any atom is 0.328 e. The first-order valence-corrected chi connectivity index (χ1v) is 5.55. The summed E-state index contributed by atoms with van der Waals surface area (Å²) in [7, 11) is 3.39. The molecule has 106 valence electrons. The van der Waals surface area contributed by atoms with E-state index in [0.29, 0.717) is 0 Å². The van der Waals surface area contributed by atoms with E-state index in [1.807, 2.05) is 0 Å². The molecule has 0 saturated carbocycles. The van der Waals surface area contributed by atoms with Gasteiger partial charge >= 0.3 is 6.03 Å². The van der Waals surface area contributed by atoms with E-state index < -0.39 is 23.4 Å². The van der Waals surface area contributed by atoms with Crippen molar-refractivity contribution in [3.63, 3.8) is 0 Å². The fourth-order valence-electron chi connectivity index (χ4n) is 1.53. The number of nitrogens with zero attached hydrogens (tertiary/aromatic N) is 2. The molecule has 1 aromatic rings. The summed E-state index contributed by atoms with van der Waals surface area (Å²) in [6.45, 7) is 0. The fraction of sp³-hybridized carbons (Fsp3) is 0.273. The van der Waals surface area contributed by atoms with Gasteiger partial charge in [-0.3, -0.25) is 20.2 Å². The lowest BCUT2D eigenvalue weighted by Gasteiger charge is -2.26. The van der Waals surface area contributed by atoms with Gasteiger partial charge in [-0.15, -0.1) is 0 Å². The minimum Gasteiger partial charge on any atom is -0.456 e. The number of amides is 4. The van der Waals surface area contributed by atoms with Gasteiger partial charge in [0.25, 0.3) is 17.4 Å². The molecule has 0 unspecified atom stereocenters. The smallest absolute Gasteiger partial charge is 0.328 e. The minimum atomic E-state index is -2.59. The number of barbiturate groups is 1. The summed E-state index contributed by atoms with van der Waals surface area (Å²) >= 11 is 0. The molecule has 0 aliphatic carbocycles. The molecule has 20 heavy (non-hydrogen) atoms. The highest BCUT2D eigenvalue weighted by atomic mass is 16.4. The highest BCUT2D eigenvalue weighted by Crippen LogP contribution is 2.25. The molecular weight excluding hydrogens is 268 g/mol. The normalized spacial score (nSPS) is 18.1. The fourth-order valence-corrected chi connectivity index (χ4v) is 1.53. The third-order valence-electron chi connectivity index (χ3n) is 2.51. The second-order valence-corrected chi connectivity index (χ2v) is 4.24. The number of furan rings is 1. The van der Waals surface area contributed by atoms with Gasteiger partial charge in [-0.25, -0.2) is 4.79 Å². The van der Waals surface area contributed by atoms with Crippen LogP contribution in [0.2, 0.25) is 0 Å². The van der Waals surface area contributed by atoms with Crippen molar-refractivity contribution in [3.8, 4) is 0 Å². The SMILES string of the molecule is CN(C)N=Cc1ccc(C2(O)C(=O)NC(=O)NC2=O)o1. The van der Waals surface area contributed by atoms with Gasteiger partial charge in [-0.05, 0) is 12.1 Å². The maximum atomic E-state index is 11.7.